The maximum absolute atomic E-state index is 12.7. The second-order valence-corrected chi connectivity index (χ2v) is 7.23. The third kappa shape index (κ3) is 3.16. The van der Waals surface area contributed by atoms with Gasteiger partial charge in [-0.1, -0.05) is 0 Å². The highest BCUT2D eigenvalue weighted by Crippen LogP contribution is 2.33. The number of thiophene rings is 1. The Morgan fingerprint density at radius 1 is 1.40 bits per heavy atom. The van der Waals surface area contributed by atoms with E-state index >= 15 is 0 Å². The topological polar surface area (TPSA) is 85.6 Å². The highest BCUT2D eigenvalue weighted by atomic mass is 79.9. The summed E-state index contributed by atoms with van der Waals surface area (Å²) in [5.74, 6) is -0.875. The van der Waals surface area contributed by atoms with Gasteiger partial charge < -0.3 is 10.1 Å². The van der Waals surface area contributed by atoms with Crippen LogP contribution < -0.4 is 5.32 Å². The SMILES string of the molecule is CCOC(=O)c1c(NC(=O)c2nn3cccnc3c2Br)sc(C)c1C. The van der Waals surface area contributed by atoms with Gasteiger partial charge in [-0.15, -0.1) is 11.3 Å². The molecule has 0 aromatic carbocycles. The Balaban J connectivity index is 1.96. The number of hydrogen-bond donors (Lipinski definition) is 1. The zero-order chi connectivity index (χ0) is 18.1. The zero-order valence-corrected chi connectivity index (χ0v) is 16.2. The van der Waals surface area contributed by atoms with E-state index in [1.807, 2.05) is 13.8 Å². The van der Waals surface area contributed by atoms with E-state index in [-0.39, 0.29) is 12.3 Å². The lowest BCUT2D eigenvalue weighted by atomic mass is 10.1. The Morgan fingerprint density at radius 2 is 2.16 bits per heavy atom. The first-order valence-electron chi connectivity index (χ1n) is 7.51. The molecule has 0 radical (unpaired) electrons. The number of hydrogen-bond acceptors (Lipinski definition) is 6. The second kappa shape index (κ2) is 6.93. The molecule has 0 saturated carbocycles. The number of carbonyl (C=O) groups is 2. The summed E-state index contributed by atoms with van der Waals surface area (Å²) >= 11 is 4.70. The fraction of sp³-hybridized carbons (Fsp3) is 0.250. The summed E-state index contributed by atoms with van der Waals surface area (Å²) in [6.07, 6.45) is 3.32. The van der Waals surface area contributed by atoms with Gasteiger partial charge in [-0.25, -0.2) is 14.3 Å². The number of nitrogens with zero attached hydrogens (tertiary/aromatic N) is 3. The molecule has 0 fully saturated rings. The molecule has 3 rings (SSSR count). The molecule has 0 aliphatic heterocycles. The van der Waals surface area contributed by atoms with Crippen LogP contribution in [0, 0.1) is 13.8 Å². The minimum Gasteiger partial charge on any atom is -0.462 e. The molecule has 0 saturated heterocycles. The minimum atomic E-state index is -0.449. The van der Waals surface area contributed by atoms with E-state index in [9.17, 15) is 9.59 Å². The van der Waals surface area contributed by atoms with Crippen LogP contribution in [0.5, 0.6) is 0 Å². The largest absolute Gasteiger partial charge is 0.462 e. The number of aromatic nitrogens is 3. The van der Waals surface area contributed by atoms with Crippen molar-refractivity contribution < 1.29 is 14.3 Å². The van der Waals surface area contributed by atoms with Crippen molar-refractivity contribution in [1.82, 2.24) is 14.6 Å². The fourth-order valence-electron chi connectivity index (χ4n) is 2.33. The number of carbonyl (C=O) groups excluding carboxylic acids is 2. The number of rotatable bonds is 4. The van der Waals surface area contributed by atoms with Gasteiger partial charge in [-0.2, -0.15) is 5.10 Å². The summed E-state index contributed by atoms with van der Waals surface area (Å²) in [4.78, 5) is 30.0. The highest BCUT2D eigenvalue weighted by molar-refractivity contribution is 9.10. The number of halogens is 1. The lowest BCUT2D eigenvalue weighted by Gasteiger charge is -2.06. The number of ether oxygens (including phenoxy) is 1. The molecule has 130 valence electrons. The smallest absolute Gasteiger partial charge is 0.341 e. The Labute approximate surface area is 156 Å². The molecule has 0 aliphatic carbocycles. The van der Waals surface area contributed by atoms with Crippen LogP contribution in [0.3, 0.4) is 0 Å². The molecule has 3 heterocycles. The van der Waals surface area contributed by atoms with Crippen LogP contribution in [0.4, 0.5) is 5.00 Å². The van der Waals surface area contributed by atoms with Gasteiger partial charge in [-0.05, 0) is 48.3 Å². The van der Waals surface area contributed by atoms with Crippen molar-refractivity contribution in [2.45, 2.75) is 20.8 Å². The van der Waals surface area contributed by atoms with Crippen molar-refractivity contribution >= 4 is 49.8 Å². The average Bonchev–Trinajstić information content (AvgIpc) is 3.06. The van der Waals surface area contributed by atoms with Crippen molar-refractivity contribution in [3.63, 3.8) is 0 Å². The summed E-state index contributed by atoms with van der Waals surface area (Å²) in [7, 11) is 0. The first kappa shape index (κ1) is 17.6. The molecule has 1 amide bonds. The molecule has 0 unspecified atom stereocenters. The molecule has 25 heavy (non-hydrogen) atoms. The molecule has 0 spiro atoms. The molecular weight excluding hydrogens is 408 g/mol. The van der Waals surface area contributed by atoms with E-state index in [2.05, 4.69) is 31.3 Å². The Bertz CT molecular complexity index is 979. The fourth-order valence-corrected chi connectivity index (χ4v) is 3.92. The molecular formula is C16H15BrN4O3S. The van der Waals surface area contributed by atoms with Crippen molar-refractivity contribution in [1.29, 1.82) is 0 Å². The number of anilines is 1. The van der Waals surface area contributed by atoms with E-state index in [0.717, 1.165) is 10.4 Å². The van der Waals surface area contributed by atoms with Crippen molar-refractivity contribution in [3.05, 3.63) is 44.6 Å². The van der Waals surface area contributed by atoms with E-state index in [1.54, 1.807) is 25.4 Å². The van der Waals surface area contributed by atoms with Gasteiger partial charge in [0.25, 0.3) is 5.91 Å². The number of esters is 1. The predicted octanol–water partition coefficient (Wildman–Crippen LogP) is 3.60. The van der Waals surface area contributed by atoms with Gasteiger partial charge in [0, 0.05) is 17.3 Å². The van der Waals surface area contributed by atoms with Crippen LogP contribution in [-0.2, 0) is 4.74 Å². The van der Waals surface area contributed by atoms with Crippen molar-refractivity contribution in [3.8, 4) is 0 Å². The maximum atomic E-state index is 12.7. The molecule has 7 nitrogen and oxygen atoms in total. The molecule has 9 heteroatoms. The maximum Gasteiger partial charge on any atom is 0.341 e. The standard InChI is InChI=1S/C16H15BrN4O3S/c1-4-24-16(23)10-8(2)9(3)25-15(10)19-14(22)12-11(17)13-18-6-5-7-21(13)20-12/h5-7H,4H2,1-3H3,(H,19,22). The van der Waals surface area contributed by atoms with E-state index in [1.165, 1.54) is 15.9 Å². The Morgan fingerprint density at radius 3 is 2.84 bits per heavy atom. The van der Waals surface area contributed by atoms with E-state index < -0.39 is 11.9 Å². The minimum absolute atomic E-state index is 0.192. The number of aryl methyl sites for hydroxylation is 1. The van der Waals surface area contributed by atoms with Gasteiger partial charge >= 0.3 is 5.97 Å². The lowest BCUT2D eigenvalue weighted by molar-refractivity contribution is 0.0527. The van der Waals surface area contributed by atoms with Crippen LogP contribution in [0.2, 0.25) is 0 Å². The monoisotopic (exact) mass is 422 g/mol. The summed E-state index contributed by atoms with van der Waals surface area (Å²) in [6.45, 7) is 5.73. The zero-order valence-electron chi connectivity index (χ0n) is 13.8. The van der Waals surface area contributed by atoms with Gasteiger partial charge in [-0.3, -0.25) is 4.79 Å². The van der Waals surface area contributed by atoms with E-state index in [0.29, 0.717) is 20.7 Å². The molecule has 0 aliphatic rings. The van der Waals surface area contributed by atoms with Crippen LogP contribution >= 0.6 is 27.3 Å². The number of fused-ring (bicyclic) bond motifs is 1. The summed E-state index contributed by atoms with van der Waals surface area (Å²) in [5.41, 5.74) is 1.92. The number of nitrogens with one attached hydrogen (secondary N) is 1. The summed E-state index contributed by atoms with van der Waals surface area (Å²) in [6, 6.07) is 1.72. The molecule has 1 N–H and O–H groups in total. The lowest BCUT2D eigenvalue weighted by Crippen LogP contribution is -2.15. The first-order valence-corrected chi connectivity index (χ1v) is 9.12. The van der Waals surface area contributed by atoms with Gasteiger partial charge in [0.15, 0.2) is 11.3 Å². The first-order chi connectivity index (χ1) is 11.9. The van der Waals surface area contributed by atoms with Crippen LogP contribution in [0.25, 0.3) is 5.65 Å². The van der Waals surface area contributed by atoms with Gasteiger partial charge in [0.2, 0.25) is 0 Å². The normalized spacial score (nSPS) is 10.9. The Hall–Kier alpha value is -2.26. The molecule has 0 bridgehead atoms. The third-order valence-corrected chi connectivity index (χ3v) is 5.50. The van der Waals surface area contributed by atoms with Crippen LogP contribution in [0.1, 0.15) is 38.2 Å². The summed E-state index contributed by atoms with van der Waals surface area (Å²) < 4.78 is 7.10. The number of amides is 1. The van der Waals surface area contributed by atoms with Gasteiger partial charge in [0.1, 0.15) is 5.00 Å². The second-order valence-electron chi connectivity index (χ2n) is 5.21. The van der Waals surface area contributed by atoms with E-state index in [4.69, 9.17) is 4.74 Å². The molecule has 3 aromatic rings. The van der Waals surface area contributed by atoms with Gasteiger partial charge in [0.05, 0.1) is 16.6 Å². The molecule has 0 atom stereocenters. The highest BCUT2D eigenvalue weighted by Gasteiger charge is 2.25. The third-order valence-electron chi connectivity index (χ3n) is 3.65. The van der Waals surface area contributed by atoms with Crippen LogP contribution in [0.15, 0.2) is 22.9 Å². The van der Waals surface area contributed by atoms with Crippen molar-refractivity contribution in [2.75, 3.05) is 11.9 Å². The quantitative estimate of drug-likeness (QED) is 0.649. The predicted molar refractivity (Wildman–Crippen MR) is 98.4 cm³/mol. The van der Waals surface area contributed by atoms with Crippen LogP contribution in [-0.4, -0.2) is 33.1 Å². The average molecular weight is 423 g/mol. The Kier molecular flexibility index (Phi) is 4.87. The molecule has 3 aromatic heterocycles. The van der Waals surface area contributed by atoms with Crippen molar-refractivity contribution in [2.24, 2.45) is 0 Å². The summed E-state index contributed by atoms with van der Waals surface area (Å²) in [5, 5.41) is 7.46.